The van der Waals surface area contributed by atoms with Crippen molar-refractivity contribution in [2.45, 2.75) is 32.3 Å². The normalized spacial score (nSPS) is 19.5. The van der Waals surface area contributed by atoms with Crippen LogP contribution in [0.5, 0.6) is 0 Å². The molecular weight excluding hydrogens is 586 g/mol. The minimum absolute atomic E-state index is 0.0947. The Morgan fingerprint density at radius 1 is 1.11 bits per heavy atom. The van der Waals surface area contributed by atoms with Gasteiger partial charge in [0.25, 0.3) is 11.9 Å². The van der Waals surface area contributed by atoms with E-state index < -0.39 is 17.8 Å². The second kappa shape index (κ2) is 12.0. The maximum absolute atomic E-state index is 12.9. The Kier molecular flexibility index (Phi) is 7.98. The molecule has 12 heteroatoms. The standard InChI is InChI=1S/C32H30ClN5O6/c1-17-4-3-5-24(33)29(17)36-32-35-25-11-6-19(13-27(25)43-32)14-28(39)34-21-9-7-20(8-10-21)22-15-38(16-23(22)31(41)42)30(40)26-12-18(2)44-37-26/h3-13,18,22-23,37H,14-16H2,1-2H3,(H,34,39)(H,35,36)(H,41,42). The molecule has 2 aliphatic rings. The number of aliphatic carboxylic acids is 1. The van der Waals surface area contributed by atoms with Gasteiger partial charge in [0.15, 0.2) is 5.58 Å². The highest BCUT2D eigenvalue weighted by Crippen LogP contribution is 2.35. The summed E-state index contributed by atoms with van der Waals surface area (Å²) in [5.74, 6) is -2.63. The molecule has 3 heterocycles. The van der Waals surface area contributed by atoms with E-state index in [9.17, 15) is 19.5 Å². The zero-order valence-corrected chi connectivity index (χ0v) is 24.7. The molecule has 3 aromatic carbocycles. The first-order valence-corrected chi connectivity index (χ1v) is 14.5. The summed E-state index contributed by atoms with van der Waals surface area (Å²) in [6.45, 7) is 4.09. The van der Waals surface area contributed by atoms with E-state index in [2.05, 4.69) is 21.1 Å². The third-order valence-corrected chi connectivity index (χ3v) is 8.12. The summed E-state index contributed by atoms with van der Waals surface area (Å²) in [5.41, 5.74) is 7.86. The monoisotopic (exact) mass is 615 g/mol. The number of hydrogen-bond donors (Lipinski definition) is 4. The quantitative estimate of drug-likeness (QED) is 0.211. The lowest BCUT2D eigenvalue weighted by Gasteiger charge is -2.17. The number of nitrogens with one attached hydrogen (secondary N) is 3. The van der Waals surface area contributed by atoms with Crippen LogP contribution in [0.4, 0.5) is 17.4 Å². The number of halogens is 1. The zero-order chi connectivity index (χ0) is 31.0. The molecule has 0 spiro atoms. The van der Waals surface area contributed by atoms with E-state index in [-0.39, 0.29) is 37.4 Å². The van der Waals surface area contributed by atoms with Crippen LogP contribution >= 0.6 is 11.6 Å². The van der Waals surface area contributed by atoms with Crippen molar-refractivity contribution in [2.75, 3.05) is 23.7 Å². The number of aryl methyl sites for hydroxylation is 1. The first-order valence-electron chi connectivity index (χ1n) is 14.1. The van der Waals surface area contributed by atoms with Gasteiger partial charge in [0.1, 0.15) is 17.3 Å². The van der Waals surface area contributed by atoms with Crippen LogP contribution in [0.25, 0.3) is 11.1 Å². The fourth-order valence-electron chi connectivity index (χ4n) is 5.54. The van der Waals surface area contributed by atoms with Crippen molar-refractivity contribution < 1.29 is 28.7 Å². The van der Waals surface area contributed by atoms with Gasteiger partial charge in [-0.1, -0.05) is 41.9 Å². The van der Waals surface area contributed by atoms with Gasteiger partial charge >= 0.3 is 5.97 Å². The van der Waals surface area contributed by atoms with Crippen molar-refractivity contribution in [3.8, 4) is 0 Å². The van der Waals surface area contributed by atoms with E-state index in [1.165, 1.54) is 4.90 Å². The molecule has 2 aliphatic heterocycles. The topological polar surface area (TPSA) is 146 Å². The minimum Gasteiger partial charge on any atom is -0.481 e. The van der Waals surface area contributed by atoms with E-state index in [0.29, 0.717) is 39.2 Å². The number of carbonyl (C=O) groups is 3. The van der Waals surface area contributed by atoms with Crippen molar-refractivity contribution in [1.82, 2.24) is 15.4 Å². The number of amides is 2. The Balaban J connectivity index is 1.09. The van der Waals surface area contributed by atoms with Gasteiger partial charge in [0.05, 0.1) is 23.0 Å². The number of likely N-dealkylation sites (tertiary alicyclic amines) is 1. The highest BCUT2D eigenvalue weighted by molar-refractivity contribution is 6.33. The molecule has 2 amide bonds. The molecule has 4 aromatic rings. The van der Waals surface area contributed by atoms with Crippen LogP contribution < -0.4 is 16.1 Å². The molecule has 11 nitrogen and oxygen atoms in total. The Bertz CT molecular complexity index is 1770. The zero-order valence-electron chi connectivity index (χ0n) is 24.0. The number of hydroxylamine groups is 1. The number of hydrogen-bond acceptors (Lipinski definition) is 8. The second-order valence-corrected chi connectivity index (χ2v) is 11.4. The minimum atomic E-state index is -0.966. The van der Waals surface area contributed by atoms with Gasteiger partial charge in [-0.2, -0.15) is 4.98 Å². The molecule has 0 bridgehead atoms. The molecule has 226 valence electrons. The molecule has 0 aliphatic carbocycles. The number of fused-ring (bicyclic) bond motifs is 1. The van der Waals surface area contributed by atoms with Crippen LogP contribution in [0.1, 0.15) is 29.5 Å². The van der Waals surface area contributed by atoms with Crippen molar-refractivity contribution in [1.29, 1.82) is 0 Å². The maximum Gasteiger partial charge on any atom is 0.308 e. The van der Waals surface area contributed by atoms with Gasteiger partial charge in [-0.05, 0) is 66.9 Å². The first-order chi connectivity index (χ1) is 21.1. The molecule has 3 unspecified atom stereocenters. The lowest BCUT2D eigenvalue weighted by molar-refractivity contribution is -0.141. The third-order valence-electron chi connectivity index (χ3n) is 7.80. The van der Waals surface area contributed by atoms with Crippen LogP contribution in [0.3, 0.4) is 0 Å². The number of oxazole rings is 1. The predicted molar refractivity (Wildman–Crippen MR) is 164 cm³/mol. The van der Waals surface area contributed by atoms with E-state index >= 15 is 0 Å². The fraction of sp³-hybridized carbons (Fsp3) is 0.250. The van der Waals surface area contributed by atoms with Crippen LogP contribution in [-0.2, 0) is 25.6 Å². The average molecular weight is 616 g/mol. The van der Waals surface area contributed by atoms with Gasteiger partial charge in [-0.15, -0.1) is 0 Å². The lowest BCUT2D eigenvalue weighted by atomic mass is 9.89. The van der Waals surface area contributed by atoms with Crippen molar-refractivity contribution in [3.05, 3.63) is 94.1 Å². The van der Waals surface area contributed by atoms with Gasteiger partial charge in [-0.3, -0.25) is 24.7 Å². The number of carbonyl (C=O) groups excluding carboxylic acids is 2. The van der Waals surface area contributed by atoms with Gasteiger partial charge in [0, 0.05) is 24.7 Å². The summed E-state index contributed by atoms with van der Waals surface area (Å²) in [6.07, 6.45) is 1.54. The maximum atomic E-state index is 12.9. The highest BCUT2D eigenvalue weighted by Gasteiger charge is 2.41. The number of carboxylic acid groups (broad SMARTS) is 1. The molecule has 44 heavy (non-hydrogen) atoms. The number of carboxylic acids is 1. The summed E-state index contributed by atoms with van der Waals surface area (Å²) in [4.78, 5) is 49.0. The molecule has 1 saturated heterocycles. The molecule has 3 atom stereocenters. The Labute approximate surface area is 257 Å². The second-order valence-electron chi connectivity index (χ2n) is 11.0. The summed E-state index contributed by atoms with van der Waals surface area (Å²) in [6, 6.07) is 18.3. The van der Waals surface area contributed by atoms with Crippen molar-refractivity contribution in [2.24, 2.45) is 5.92 Å². The summed E-state index contributed by atoms with van der Waals surface area (Å²) < 4.78 is 5.87. The smallest absolute Gasteiger partial charge is 0.308 e. The fourth-order valence-corrected chi connectivity index (χ4v) is 5.80. The van der Waals surface area contributed by atoms with E-state index in [1.807, 2.05) is 25.1 Å². The lowest BCUT2D eigenvalue weighted by Crippen LogP contribution is -2.34. The predicted octanol–water partition coefficient (Wildman–Crippen LogP) is 5.15. The van der Waals surface area contributed by atoms with Gasteiger partial charge in [-0.25, -0.2) is 0 Å². The molecule has 1 aromatic heterocycles. The molecule has 4 N–H and O–H groups in total. The molecule has 6 rings (SSSR count). The molecular formula is C32H30ClN5O6. The number of rotatable bonds is 8. The average Bonchev–Trinajstić information content (AvgIpc) is 3.73. The molecule has 0 saturated carbocycles. The van der Waals surface area contributed by atoms with Crippen LogP contribution in [-0.4, -0.2) is 52.0 Å². The molecule has 0 radical (unpaired) electrons. The van der Waals surface area contributed by atoms with E-state index in [1.54, 1.807) is 55.5 Å². The highest BCUT2D eigenvalue weighted by atomic mass is 35.5. The number of anilines is 3. The Morgan fingerprint density at radius 3 is 2.61 bits per heavy atom. The van der Waals surface area contributed by atoms with Crippen molar-refractivity contribution in [3.63, 3.8) is 0 Å². The van der Waals surface area contributed by atoms with Gasteiger partial charge < -0.3 is 25.1 Å². The van der Waals surface area contributed by atoms with Crippen molar-refractivity contribution >= 4 is 57.9 Å². The Hall–Kier alpha value is -4.87. The van der Waals surface area contributed by atoms with Crippen LogP contribution in [0.2, 0.25) is 5.02 Å². The van der Waals surface area contributed by atoms with Gasteiger partial charge in [0.2, 0.25) is 5.91 Å². The van der Waals surface area contributed by atoms with E-state index in [4.69, 9.17) is 20.9 Å². The Morgan fingerprint density at radius 2 is 1.91 bits per heavy atom. The number of para-hydroxylation sites is 1. The number of nitrogens with zero attached hydrogens (tertiary/aromatic N) is 2. The largest absolute Gasteiger partial charge is 0.481 e. The van der Waals surface area contributed by atoms with E-state index in [0.717, 1.165) is 16.7 Å². The number of benzene rings is 3. The summed E-state index contributed by atoms with van der Waals surface area (Å²) in [7, 11) is 0. The van der Waals surface area contributed by atoms with Crippen LogP contribution in [0, 0.1) is 12.8 Å². The first kappa shape index (κ1) is 29.2. The molecule has 1 fully saturated rings. The summed E-state index contributed by atoms with van der Waals surface area (Å²) >= 11 is 6.31. The SMILES string of the molecule is Cc1cccc(Cl)c1Nc1nc2ccc(CC(=O)Nc3ccc(C4CN(C(=O)C5=CC(C)ON5)CC4C(=O)O)cc3)cc2o1. The number of aromatic nitrogens is 1. The summed E-state index contributed by atoms with van der Waals surface area (Å²) in [5, 5.41) is 16.4. The van der Waals surface area contributed by atoms with Crippen LogP contribution in [0.15, 0.2) is 76.9 Å². The third kappa shape index (κ3) is 6.10.